The Morgan fingerprint density at radius 2 is 1.85 bits per heavy atom. The smallest absolute Gasteiger partial charge is 0.217 e. The van der Waals surface area contributed by atoms with Crippen LogP contribution in [0.3, 0.4) is 0 Å². The van der Waals surface area contributed by atoms with Gasteiger partial charge in [-0.3, -0.25) is 4.79 Å². The second-order valence-electron chi connectivity index (χ2n) is 6.25. The molecule has 0 aliphatic carbocycles. The number of benzene rings is 2. The number of carbonyl (C=O) groups is 1. The van der Waals surface area contributed by atoms with Crippen molar-refractivity contribution in [1.29, 1.82) is 0 Å². The van der Waals surface area contributed by atoms with Crippen LogP contribution in [0, 0.1) is 0 Å². The molecule has 2 aromatic carbocycles. The van der Waals surface area contributed by atoms with Gasteiger partial charge in [0.15, 0.2) is 5.76 Å². The van der Waals surface area contributed by atoms with Crippen molar-refractivity contribution in [1.82, 2.24) is 4.98 Å². The second kappa shape index (κ2) is 7.64. The lowest BCUT2D eigenvalue weighted by Crippen LogP contribution is -2.30. The number of pyridine rings is 1. The highest BCUT2D eigenvalue weighted by molar-refractivity contribution is 6.30. The molecular weight excluding hydrogens is 360 g/mol. The molecule has 5 heteroatoms. The molecule has 0 atom stereocenters. The minimum absolute atomic E-state index is 0.0983. The molecule has 4 rings (SSSR count). The Balaban J connectivity index is 1.61. The normalized spacial score (nSPS) is 10.9. The highest BCUT2D eigenvalue weighted by Gasteiger charge is 2.18. The van der Waals surface area contributed by atoms with Gasteiger partial charge in [0.1, 0.15) is 11.4 Å². The summed E-state index contributed by atoms with van der Waals surface area (Å²) in [4.78, 5) is 19.2. The first-order valence-corrected chi connectivity index (χ1v) is 8.99. The van der Waals surface area contributed by atoms with E-state index >= 15 is 0 Å². The number of nitrogens with zero attached hydrogens (tertiary/aromatic N) is 2. The van der Waals surface area contributed by atoms with E-state index in [2.05, 4.69) is 4.98 Å². The average Bonchev–Trinajstić information content (AvgIpc) is 3.13. The van der Waals surface area contributed by atoms with Crippen molar-refractivity contribution < 1.29 is 9.21 Å². The Morgan fingerprint density at radius 3 is 2.63 bits per heavy atom. The summed E-state index contributed by atoms with van der Waals surface area (Å²) >= 11 is 6.11. The summed E-state index contributed by atoms with van der Waals surface area (Å²) in [5.41, 5.74) is 1.71. The van der Waals surface area contributed by atoms with Crippen molar-refractivity contribution in [3.8, 4) is 0 Å². The van der Waals surface area contributed by atoms with Crippen LogP contribution in [0.5, 0.6) is 0 Å². The molecule has 2 aromatic heterocycles. The van der Waals surface area contributed by atoms with Crippen molar-refractivity contribution in [2.45, 2.75) is 6.54 Å². The van der Waals surface area contributed by atoms with Gasteiger partial charge in [-0.15, -0.1) is 0 Å². The molecule has 0 unspecified atom stereocenters. The number of fused-ring (bicyclic) bond motifs is 1. The van der Waals surface area contributed by atoms with Crippen LogP contribution in [0.15, 0.2) is 83.4 Å². The van der Waals surface area contributed by atoms with Crippen molar-refractivity contribution in [2.75, 3.05) is 11.4 Å². The molecule has 134 valence electrons. The van der Waals surface area contributed by atoms with Crippen LogP contribution in [0.25, 0.3) is 11.0 Å². The summed E-state index contributed by atoms with van der Waals surface area (Å²) < 4.78 is 5.72. The average molecular weight is 377 g/mol. The van der Waals surface area contributed by atoms with Gasteiger partial charge in [0.25, 0.3) is 0 Å². The summed E-state index contributed by atoms with van der Waals surface area (Å²) in [6.07, 6.45) is 1.71. The maximum absolute atomic E-state index is 12.9. The number of Topliss-reactive ketones (excluding diaryl/α,β-unsaturated/α-hetero) is 1. The zero-order chi connectivity index (χ0) is 18.6. The Hall–Kier alpha value is -3.11. The number of carbonyl (C=O) groups excluding carboxylic acids is 1. The molecular formula is C22H17ClN2O2. The van der Waals surface area contributed by atoms with Gasteiger partial charge in [0.05, 0.1) is 6.54 Å². The number of anilines is 1. The molecule has 0 aliphatic heterocycles. The Morgan fingerprint density at radius 1 is 1.00 bits per heavy atom. The van der Waals surface area contributed by atoms with Gasteiger partial charge in [-0.25, -0.2) is 4.98 Å². The topological polar surface area (TPSA) is 46.3 Å². The Kier molecular flexibility index (Phi) is 4.90. The zero-order valence-corrected chi connectivity index (χ0v) is 15.3. The molecule has 0 N–H and O–H groups in total. The third-order valence-electron chi connectivity index (χ3n) is 4.27. The number of ketones is 1. The number of rotatable bonds is 6. The molecule has 0 bridgehead atoms. The standard InChI is InChI=1S/C22H17ClN2O2/c23-18-8-5-6-16(12-18)14-25(22-10-3-4-11-24-22)15-19(26)21-13-17-7-1-2-9-20(17)27-21/h1-13H,14-15H2. The van der Waals surface area contributed by atoms with E-state index in [0.29, 0.717) is 22.9 Å². The maximum atomic E-state index is 12.9. The molecule has 4 nitrogen and oxygen atoms in total. The van der Waals surface area contributed by atoms with Crippen LogP contribution in [-0.4, -0.2) is 17.3 Å². The van der Waals surface area contributed by atoms with E-state index in [0.717, 1.165) is 16.8 Å². The molecule has 27 heavy (non-hydrogen) atoms. The van der Waals surface area contributed by atoms with Crippen LogP contribution < -0.4 is 4.90 Å². The summed E-state index contributed by atoms with van der Waals surface area (Å²) in [6.45, 7) is 0.674. The molecule has 0 amide bonds. The molecule has 4 aromatic rings. The molecule has 0 aliphatic rings. The number of aromatic nitrogens is 1. The van der Waals surface area contributed by atoms with Crippen LogP contribution >= 0.6 is 11.6 Å². The molecule has 2 heterocycles. The van der Waals surface area contributed by atoms with Crippen molar-refractivity contribution in [3.63, 3.8) is 0 Å². The molecule has 0 saturated carbocycles. The summed E-state index contributed by atoms with van der Waals surface area (Å²) in [7, 11) is 0. The number of furan rings is 1. The first-order valence-electron chi connectivity index (χ1n) is 8.61. The van der Waals surface area contributed by atoms with Crippen molar-refractivity contribution in [3.05, 3.63) is 95.3 Å². The minimum atomic E-state index is -0.0983. The molecule has 0 saturated heterocycles. The fraction of sp³-hybridized carbons (Fsp3) is 0.0909. The zero-order valence-electron chi connectivity index (χ0n) is 14.5. The lowest BCUT2D eigenvalue weighted by Gasteiger charge is -2.22. The monoisotopic (exact) mass is 376 g/mol. The predicted molar refractivity (Wildman–Crippen MR) is 107 cm³/mol. The summed E-state index contributed by atoms with van der Waals surface area (Å²) in [6, 6.07) is 22.6. The van der Waals surface area contributed by atoms with Gasteiger partial charge in [0, 0.05) is 23.2 Å². The van der Waals surface area contributed by atoms with Gasteiger partial charge in [-0.2, -0.15) is 0 Å². The molecule has 0 spiro atoms. The third-order valence-corrected chi connectivity index (χ3v) is 4.51. The highest BCUT2D eigenvalue weighted by atomic mass is 35.5. The maximum Gasteiger partial charge on any atom is 0.217 e. The van der Waals surface area contributed by atoms with Crippen molar-refractivity contribution in [2.24, 2.45) is 0 Å². The fourth-order valence-electron chi connectivity index (χ4n) is 2.98. The minimum Gasteiger partial charge on any atom is -0.453 e. The highest BCUT2D eigenvalue weighted by Crippen LogP contribution is 2.21. The van der Waals surface area contributed by atoms with Crippen LogP contribution in [0.2, 0.25) is 5.02 Å². The van der Waals surface area contributed by atoms with E-state index in [4.69, 9.17) is 16.0 Å². The lowest BCUT2D eigenvalue weighted by molar-refractivity contribution is 0.0974. The first kappa shape index (κ1) is 17.3. The molecule has 0 radical (unpaired) electrons. The van der Waals surface area contributed by atoms with E-state index in [9.17, 15) is 4.79 Å². The third kappa shape index (κ3) is 4.01. The van der Waals surface area contributed by atoms with Crippen LogP contribution in [-0.2, 0) is 6.54 Å². The van der Waals surface area contributed by atoms with Gasteiger partial charge < -0.3 is 9.32 Å². The van der Waals surface area contributed by atoms with Crippen molar-refractivity contribution >= 4 is 34.2 Å². The Labute approximate surface area is 162 Å². The van der Waals surface area contributed by atoms with Crippen LogP contribution in [0.1, 0.15) is 16.1 Å². The van der Waals surface area contributed by atoms with E-state index in [1.165, 1.54) is 0 Å². The molecule has 0 fully saturated rings. The number of hydrogen-bond acceptors (Lipinski definition) is 4. The number of para-hydroxylation sites is 1. The van der Waals surface area contributed by atoms with E-state index in [1.807, 2.05) is 71.6 Å². The van der Waals surface area contributed by atoms with E-state index in [1.54, 1.807) is 12.3 Å². The first-order chi connectivity index (χ1) is 13.2. The van der Waals surface area contributed by atoms with Gasteiger partial charge in [-0.05, 0) is 42.0 Å². The van der Waals surface area contributed by atoms with E-state index < -0.39 is 0 Å². The second-order valence-corrected chi connectivity index (χ2v) is 6.68. The lowest BCUT2D eigenvalue weighted by atomic mass is 10.2. The summed E-state index contributed by atoms with van der Waals surface area (Å²) in [5.74, 6) is 0.976. The fourth-order valence-corrected chi connectivity index (χ4v) is 3.20. The Bertz CT molecular complexity index is 1040. The predicted octanol–water partition coefficient (Wildman–Crippen LogP) is 5.37. The number of halogens is 1. The largest absolute Gasteiger partial charge is 0.453 e. The van der Waals surface area contributed by atoms with Crippen LogP contribution in [0.4, 0.5) is 5.82 Å². The summed E-state index contributed by atoms with van der Waals surface area (Å²) in [5, 5.41) is 1.58. The van der Waals surface area contributed by atoms with Gasteiger partial charge in [-0.1, -0.05) is 48.0 Å². The van der Waals surface area contributed by atoms with Gasteiger partial charge >= 0.3 is 0 Å². The van der Waals surface area contributed by atoms with E-state index in [-0.39, 0.29) is 12.3 Å². The SMILES string of the molecule is O=C(CN(Cc1cccc(Cl)c1)c1ccccn1)c1cc2ccccc2o1. The number of hydrogen-bond donors (Lipinski definition) is 0. The quantitative estimate of drug-likeness (QED) is 0.424. The van der Waals surface area contributed by atoms with Gasteiger partial charge in [0.2, 0.25) is 5.78 Å².